The second-order valence-corrected chi connectivity index (χ2v) is 4.45. The van der Waals surface area contributed by atoms with Gasteiger partial charge in [0.25, 0.3) is 0 Å². The molecule has 0 N–H and O–H groups in total. The lowest BCUT2D eigenvalue weighted by molar-refractivity contribution is -0.146. The van der Waals surface area contributed by atoms with E-state index in [1.54, 1.807) is 12.1 Å². The van der Waals surface area contributed by atoms with Gasteiger partial charge in [-0.15, -0.1) is 0 Å². The number of carbonyl (C=O) groups is 1. The van der Waals surface area contributed by atoms with Crippen LogP contribution in [0, 0.1) is 5.82 Å². The SMILES string of the molecule is O=C(CCc1cccc(F)c1)OCC1CCCO1. The molecule has 1 fully saturated rings. The Labute approximate surface area is 106 Å². The van der Waals surface area contributed by atoms with Gasteiger partial charge in [0.2, 0.25) is 0 Å². The number of esters is 1. The molecular weight excluding hydrogens is 235 g/mol. The van der Waals surface area contributed by atoms with Gasteiger partial charge in [-0.3, -0.25) is 4.79 Å². The molecule has 0 aromatic heterocycles. The fraction of sp³-hybridized carbons (Fsp3) is 0.500. The average Bonchev–Trinajstić information content (AvgIpc) is 2.87. The Morgan fingerprint density at radius 3 is 3.11 bits per heavy atom. The first-order valence-electron chi connectivity index (χ1n) is 6.26. The number of aryl methyl sites for hydroxylation is 1. The highest BCUT2D eigenvalue weighted by atomic mass is 19.1. The van der Waals surface area contributed by atoms with Gasteiger partial charge < -0.3 is 9.47 Å². The number of rotatable bonds is 5. The Morgan fingerprint density at radius 2 is 2.39 bits per heavy atom. The van der Waals surface area contributed by atoms with Crippen LogP contribution in [0.3, 0.4) is 0 Å². The van der Waals surface area contributed by atoms with Crippen molar-refractivity contribution in [2.24, 2.45) is 0 Å². The van der Waals surface area contributed by atoms with E-state index in [1.165, 1.54) is 12.1 Å². The number of carbonyl (C=O) groups excluding carboxylic acids is 1. The summed E-state index contributed by atoms with van der Waals surface area (Å²) >= 11 is 0. The molecule has 2 rings (SSSR count). The molecule has 18 heavy (non-hydrogen) atoms. The number of ether oxygens (including phenoxy) is 2. The summed E-state index contributed by atoms with van der Waals surface area (Å²) in [6, 6.07) is 6.27. The van der Waals surface area contributed by atoms with Crippen LogP contribution >= 0.6 is 0 Å². The maximum Gasteiger partial charge on any atom is 0.306 e. The number of benzene rings is 1. The van der Waals surface area contributed by atoms with Gasteiger partial charge in [0.15, 0.2) is 0 Å². The second-order valence-electron chi connectivity index (χ2n) is 4.45. The van der Waals surface area contributed by atoms with Crippen molar-refractivity contribution in [3.05, 3.63) is 35.6 Å². The largest absolute Gasteiger partial charge is 0.463 e. The standard InChI is InChI=1S/C14H17FO3/c15-12-4-1-3-11(9-12)6-7-14(16)18-10-13-5-2-8-17-13/h1,3-4,9,13H,2,5-8,10H2. The molecule has 1 atom stereocenters. The van der Waals surface area contributed by atoms with Gasteiger partial charge in [-0.25, -0.2) is 4.39 Å². The Hall–Kier alpha value is -1.42. The van der Waals surface area contributed by atoms with Crippen molar-refractivity contribution < 1.29 is 18.7 Å². The van der Waals surface area contributed by atoms with E-state index in [0.29, 0.717) is 13.0 Å². The van der Waals surface area contributed by atoms with Crippen molar-refractivity contribution in [1.29, 1.82) is 0 Å². The van der Waals surface area contributed by atoms with Gasteiger partial charge in [0.1, 0.15) is 12.4 Å². The van der Waals surface area contributed by atoms with Crippen LogP contribution in [0.25, 0.3) is 0 Å². The van der Waals surface area contributed by atoms with E-state index >= 15 is 0 Å². The molecule has 0 saturated carbocycles. The Morgan fingerprint density at radius 1 is 1.50 bits per heavy atom. The molecule has 4 heteroatoms. The van der Waals surface area contributed by atoms with E-state index in [4.69, 9.17) is 9.47 Å². The smallest absolute Gasteiger partial charge is 0.306 e. The third kappa shape index (κ3) is 4.11. The molecule has 1 saturated heterocycles. The second kappa shape index (κ2) is 6.50. The molecule has 1 unspecified atom stereocenters. The van der Waals surface area contributed by atoms with Crippen LogP contribution in [0.4, 0.5) is 4.39 Å². The van der Waals surface area contributed by atoms with Crippen LogP contribution in [0.5, 0.6) is 0 Å². The van der Waals surface area contributed by atoms with Crippen LogP contribution in [0.1, 0.15) is 24.8 Å². The molecule has 0 spiro atoms. The minimum Gasteiger partial charge on any atom is -0.463 e. The van der Waals surface area contributed by atoms with Crippen LogP contribution in [-0.4, -0.2) is 25.3 Å². The Kier molecular flexibility index (Phi) is 4.70. The lowest BCUT2D eigenvalue weighted by Gasteiger charge is -2.10. The topological polar surface area (TPSA) is 35.5 Å². The Balaban J connectivity index is 1.68. The first-order valence-corrected chi connectivity index (χ1v) is 6.26. The highest BCUT2D eigenvalue weighted by molar-refractivity contribution is 5.69. The summed E-state index contributed by atoms with van der Waals surface area (Å²) in [5.74, 6) is -0.532. The van der Waals surface area contributed by atoms with Crippen LogP contribution in [0.15, 0.2) is 24.3 Å². The summed E-state index contributed by atoms with van der Waals surface area (Å²) in [6.45, 7) is 1.09. The van der Waals surface area contributed by atoms with E-state index in [1.807, 2.05) is 0 Å². The fourth-order valence-electron chi connectivity index (χ4n) is 1.97. The van der Waals surface area contributed by atoms with Gasteiger partial charge in [0, 0.05) is 13.0 Å². The molecule has 1 aliphatic heterocycles. The summed E-state index contributed by atoms with van der Waals surface area (Å²) in [5, 5.41) is 0. The van der Waals surface area contributed by atoms with E-state index in [2.05, 4.69) is 0 Å². The van der Waals surface area contributed by atoms with E-state index in [-0.39, 0.29) is 24.3 Å². The minimum absolute atomic E-state index is 0.0584. The van der Waals surface area contributed by atoms with Crippen LogP contribution < -0.4 is 0 Å². The number of hydrogen-bond donors (Lipinski definition) is 0. The summed E-state index contributed by atoms with van der Waals surface area (Å²) in [5.41, 5.74) is 0.809. The first-order chi connectivity index (χ1) is 8.74. The quantitative estimate of drug-likeness (QED) is 0.755. The summed E-state index contributed by atoms with van der Waals surface area (Å²) in [4.78, 5) is 11.5. The highest BCUT2D eigenvalue weighted by Crippen LogP contribution is 2.12. The average molecular weight is 252 g/mol. The molecule has 1 heterocycles. The van der Waals surface area contributed by atoms with E-state index in [0.717, 1.165) is 25.0 Å². The number of halogens is 1. The van der Waals surface area contributed by atoms with Crippen molar-refractivity contribution in [2.45, 2.75) is 31.8 Å². The zero-order chi connectivity index (χ0) is 12.8. The molecule has 0 bridgehead atoms. The summed E-state index contributed by atoms with van der Waals surface area (Å²) < 4.78 is 23.4. The first kappa shape index (κ1) is 13.0. The van der Waals surface area contributed by atoms with Crippen molar-refractivity contribution in [1.82, 2.24) is 0 Å². The van der Waals surface area contributed by atoms with E-state index in [9.17, 15) is 9.18 Å². The van der Waals surface area contributed by atoms with Gasteiger partial charge in [-0.2, -0.15) is 0 Å². The van der Waals surface area contributed by atoms with Crippen molar-refractivity contribution in [2.75, 3.05) is 13.2 Å². The predicted molar refractivity (Wildman–Crippen MR) is 64.7 cm³/mol. The fourth-order valence-corrected chi connectivity index (χ4v) is 1.97. The number of hydrogen-bond acceptors (Lipinski definition) is 3. The van der Waals surface area contributed by atoms with Gasteiger partial charge in [0.05, 0.1) is 6.10 Å². The Bertz CT molecular complexity index is 400. The maximum atomic E-state index is 12.9. The zero-order valence-corrected chi connectivity index (χ0v) is 10.2. The maximum absolute atomic E-state index is 12.9. The normalized spacial score (nSPS) is 18.8. The van der Waals surface area contributed by atoms with Gasteiger partial charge >= 0.3 is 5.97 Å². The minimum atomic E-state index is -0.278. The predicted octanol–water partition coefficient (Wildman–Crippen LogP) is 2.48. The molecule has 3 nitrogen and oxygen atoms in total. The lowest BCUT2D eigenvalue weighted by Crippen LogP contribution is -2.18. The van der Waals surface area contributed by atoms with Crippen molar-refractivity contribution in [3.8, 4) is 0 Å². The molecule has 1 aromatic carbocycles. The zero-order valence-electron chi connectivity index (χ0n) is 10.2. The van der Waals surface area contributed by atoms with Crippen molar-refractivity contribution in [3.63, 3.8) is 0 Å². The highest BCUT2D eigenvalue weighted by Gasteiger charge is 2.17. The lowest BCUT2D eigenvalue weighted by atomic mass is 10.1. The van der Waals surface area contributed by atoms with Crippen LogP contribution in [-0.2, 0) is 20.7 Å². The molecular formula is C14H17FO3. The van der Waals surface area contributed by atoms with Gasteiger partial charge in [-0.05, 0) is 37.0 Å². The summed E-state index contributed by atoms with van der Waals surface area (Å²) in [6.07, 6.45) is 2.82. The third-order valence-corrected chi connectivity index (χ3v) is 2.96. The summed E-state index contributed by atoms with van der Waals surface area (Å²) in [7, 11) is 0. The monoisotopic (exact) mass is 252 g/mol. The molecule has 98 valence electrons. The van der Waals surface area contributed by atoms with Crippen LogP contribution in [0.2, 0.25) is 0 Å². The molecule has 1 aliphatic rings. The molecule has 0 amide bonds. The van der Waals surface area contributed by atoms with Crippen molar-refractivity contribution >= 4 is 5.97 Å². The molecule has 1 aromatic rings. The third-order valence-electron chi connectivity index (χ3n) is 2.96. The van der Waals surface area contributed by atoms with E-state index < -0.39 is 0 Å². The molecule has 0 radical (unpaired) electrons. The van der Waals surface area contributed by atoms with Gasteiger partial charge in [-0.1, -0.05) is 12.1 Å². The molecule has 0 aliphatic carbocycles.